The topological polar surface area (TPSA) is 108 Å². The van der Waals surface area contributed by atoms with Crippen LogP contribution in [0.15, 0.2) is 23.4 Å². The largest absolute Gasteiger partial charge is 0.478 e. The maximum atomic E-state index is 12.2. The number of carboxylic acid groups (broad SMARTS) is 1. The van der Waals surface area contributed by atoms with Gasteiger partial charge in [-0.25, -0.2) is 13.2 Å². The van der Waals surface area contributed by atoms with Gasteiger partial charge in [-0.3, -0.25) is 4.98 Å². The van der Waals surface area contributed by atoms with Gasteiger partial charge >= 0.3 is 5.97 Å². The molecule has 0 aromatic carbocycles. The van der Waals surface area contributed by atoms with Crippen LogP contribution in [0, 0.1) is 0 Å². The molecule has 0 radical (unpaired) electrons. The van der Waals surface area contributed by atoms with Crippen molar-refractivity contribution in [3.8, 4) is 0 Å². The average Bonchev–Trinajstić information content (AvgIpc) is 2.76. The lowest BCUT2D eigenvalue weighted by Crippen LogP contribution is -2.31. The van der Waals surface area contributed by atoms with Crippen LogP contribution < -0.4 is 0 Å². The van der Waals surface area contributed by atoms with Gasteiger partial charge in [-0.15, -0.1) is 0 Å². The Bertz CT molecular complexity index is 571. The monoisotopic (exact) mass is 272 g/mol. The number of aliphatic hydroxyl groups is 1. The highest BCUT2D eigenvalue weighted by Crippen LogP contribution is 2.23. The number of hydrogen-bond acceptors (Lipinski definition) is 5. The molecule has 1 aliphatic heterocycles. The SMILES string of the molecule is O=C(O)c1ccncc1S(=O)(=O)N1CC[C@@H](O)C1. The second-order valence-corrected chi connectivity index (χ2v) is 5.89. The zero-order valence-corrected chi connectivity index (χ0v) is 10.2. The summed E-state index contributed by atoms with van der Waals surface area (Å²) in [5.41, 5.74) is -0.314. The number of aromatic carboxylic acids is 1. The Morgan fingerprint density at radius 2 is 2.22 bits per heavy atom. The summed E-state index contributed by atoms with van der Waals surface area (Å²) < 4.78 is 25.5. The molecule has 1 aliphatic rings. The summed E-state index contributed by atoms with van der Waals surface area (Å²) in [7, 11) is -3.92. The lowest BCUT2D eigenvalue weighted by Gasteiger charge is -2.16. The molecule has 0 unspecified atom stereocenters. The predicted octanol–water partition coefficient (Wildman–Crippen LogP) is -0.465. The van der Waals surface area contributed by atoms with Crippen molar-refractivity contribution in [2.45, 2.75) is 17.4 Å². The minimum Gasteiger partial charge on any atom is -0.478 e. The van der Waals surface area contributed by atoms with E-state index in [0.717, 1.165) is 16.6 Å². The van der Waals surface area contributed by atoms with Crippen molar-refractivity contribution in [1.82, 2.24) is 9.29 Å². The minimum absolute atomic E-state index is 0.0176. The van der Waals surface area contributed by atoms with Gasteiger partial charge in [0.05, 0.1) is 11.7 Å². The minimum atomic E-state index is -3.92. The average molecular weight is 272 g/mol. The Morgan fingerprint density at radius 3 is 2.78 bits per heavy atom. The fraction of sp³-hybridized carbons (Fsp3) is 0.400. The highest BCUT2D eigenvalue weighted by molar-refractivity contribution is 7.89. The first-order chi connectivity index (χ1) is 8.43. The normalized spacial score (nSPS) is 21.1. The van der Waals surface area contributed by atoms with Crippen molar-refractivity contribution in [2.75, 3.05) is 13.1 Å². The summed E-state index contributed by atoms with van der Waals surface area (Å²) in [5, 5.41) is 18.3. The molecule has 2 N–H and O–H groups in total. The first kappa shape index (κ1) is 12.9. The van der Waals surface area contributed by atoms with Gasteiger partial charge in [-0.1, -0.05) is 0 Å². The molecule has 0 saturated carbocycles. The van der Waals surface area contributed by atoms with Gasteiger partial charge in [0.25, 0.3) is 0 Å². The Kier molecular flexibility index (Phi) is 3.33. The molecule has 18 heavy (non-hydrogen) atoms. The number of pyridine rings is 1. The van der Waals surface area contributed by atoms with E-state index >= 15 is 0 Å². The molecule has 0 amide bonds. The smallest absolute Gasteiger partial charge is 0.337 e. The van der Waals surface area contributed by atoms with Gasteiger partial charge in [0.1, 0.15) is 4.90 Å². The molecule has 0 spiro atoms. The summed E-state index contributed by atoms with van der Waals surface area (Å²) in [5.74, 6) is -1.32. The zero-order valence-electron chi connectivity index (χ0n) is 9.35. The zero-order chi connectivity index (χ0) is 13.3. The fourth-order valence-corrected chi connectivity index (χ4v) is 3.45. The van der Waals surface area contributed by atoms with Crippen LogP contribution in [0.1, 0.15) is 16.8 Å². The van der Waals surface area contributed by atoms with Crippen molar-refractivity contribution in [3.63, 3.8) is 0 Å². The van der Waals surface area contributed by atoms with E-state index in [9.17, 15) is 18.3 Å². The second kappa shape index (κ2) is 4.63. The maximum Gasteiger partial charge on any atom is 0.337 e. The number of rotatable bonds is 3. The molecular formula is C10H12N2O5S. The molecular weight excluding hydrogens is 260 g/mol. The van der Waals surface area contributed by atoms with E-state index in [4.69, 9.17) is 5.11 Å². The van der Waals surface area contributed by atoms with Crippen LogP contribution in [-0.4, -0.2) is 53.1 Å². The highest BCUT2D eigenvalue weighted by Gasteiger charge is 2.34. The number of β-amino-alcohol motifs (C(OH)–C–C–N with tert-alkyl or cyclic N) is 1. The summed E-state index contributed by atoms with van der Waals surface area (Å²) in [4.78, 5) is 14.3. The molecule has 1 fully saturated rings. The molecule has 1 atom stereocenters. The quantitative estimate of drug-likeness (QED) is 0.770. The van der Waals surface area contributed by atoms with Gasteiger partial charge in [0.15, 0.2) is 0 Å². The van der Waals surface area contributed by atoms with Gasteiger partial charge in [-0.05, 0) is 12.5 Å². The number of carbonyl (C=O) groups is 1. The van der Waals surface area contributed by atoms with Gasteiger partial charge in [0, 0.05) is 25.5 Å². The number of carboxylic acids is 1. The first-order valence-corrected chi connectivity index (χ1v) is 6.72. The van der Waals surface area contributed by atoms with Crippen molar-refractivity contribution < 1.29 is 23.4 Å². The third-order valence-electron chi connectivity index (χ3n) is 2.76. The lowest BCUT2D eigenvalue weighted by molar-refractivity contribution is 0.0692. The Balaban J connectivity index is 2.45. The van der Waals surface area contributed by atoms with E-state index in [1.807, 2.05) is 0 Å². The van der Waals surface area contributed by atoms with Crippen LogP contribution >= 0.6 is 0 Å². The van der Waals surface area contributed by atoms with Crippen LogP contribution in [0.3, 0.4) is 0 Å². The first-order valence-electron chi connectivity index (χ1n) is 5.28. The van der Waals surface area contributed by atoms with Crippen LogP contribution in [0.25, 0.3) is 0 Å². The van der Waals surface area contributed by atoms with Gasteiger partial charge in [-0.2, -0.15) is 4.31 Å². The highest BCUT2D eigenvalue weighted by atomic mass is 32.2. The van der Waals surface area contributed by atoms with E-state index in [-0.39, 0.29) is 23.5 Å². The van der Waals surface area contributed by atoms with E-state index in [1.165, 1.54) is 6.20 Å². The number of aliphatic hydroxyl groups excluding tert-OH is 1. The van der Waals surface area contributed by atoms with E-state index < -0.39 is 22.1 Å². The molecule has 98 valence electrons. The van der Waals surface area contributed by atoms with Crippen LogP contribution in [0.4, 0.5) is 0 Å². The van der Waals surface area contributed by atoms with Gasteiger partial charge in [0.2, 0.25) is 10.0 Å². The van der Waals surface area contributed by atoms with Crippen molar-refractivity contribution >= 4 is 16.0 Å². The van der Waals surface area contributed by atoms with Crippen molar-refractivity contribution in [2.24, 2.45) is 0 Å². The number of aromatic nitrogens is 1. The molecule has 1 aromatic heterocycles. The number of nitrogens with zero attached hydrogens (tertiary/aromatic N) is 2. The third-order valence-corrected chi connectivity index (χ3v) is 4.65. The third kappa shape index (κ3) is 2.22. The Hall–Kier alpha value is -1.51. The van der Waals surface area contributed by atoms with Crippen LogP contribution in [-0.2, 0) is 10.0 Å². The molecule has 2 heterocycles. The van der Waals surface area contributed by atoms with E-state index in [0.29, 0.717) is 6.42 Å². The Morgan fingerprint density at radius 1 is 1.50 bits per heavy atom. The molecule has 0 aliphatic carbocycles. The van der Waals surface area contributed by atoms with Crippen molar-refractivity contribution in [1.29, 1.82) is 0 Å². The molecule has 2 rings (SSSR count). The maximum absolute atomic E-state index is 12.2. The van der Waals surface area contributed by atoms with Gasteiger partial charge < -0.3 is 10.2 Å². The predicted molar refractivity (Wildman–Crippen MR) is 60.6 cm³/mol. The summed E-state index contributed by atoms with van der Waals surface area (Å²) in [6.07, 6.45) is 1.89. The number of hydrogen-bond donors (Lipinski definition) is 2. The molecule has 0 bridgehead atoms. The van der Waals surface area contributed by atoms with Crippen LogP contribution in [0.2, 0.25) is 0 Å². The summed E-state index contributed by atoms with van der Waals surface area (Å²) >= 11 is 0. The van der Waals surface area contributed by atoms with E-state index in [1.54, 1.807) is 0 Å². The number of sulfonamides is 1. The van der Waals surface area contributed by atoms with Crippen molar-refractivity contribution in [3.05, 3.63) is 24.0 Å². The Labute approximate surface area is 104 Å². The fourth-order valence-electron chi connectivity index (χ4n) is 1.83. The van der Waals surface area contributed by atoms with E-state index in [2.05, 4.69) is 4.98 Å². The van der Waals surface area contributed by atoms with Crippen LogP contribution in [0.5, 0.6) is 0 Å². The molecule has 1 aromatic rings. The summed E-state index contributed by atoms with van der Waals surface area (Å²) in [6.45, 7) is 0.160. The summed E-state index contributed by atoms with van der Waals surface area (Å²) in [6, 6.07) is 1.14. The molecule has 7 nitrogen and oxygen atoms in total. The standard InChI is InChI=1S/C10H12N2O5S/c13-7-2-4-12(6-7)18(16,17)9-5-11-3-1-8(9)10(14)15/h1,3,5,7,13H,2,4,6H2,(H,14,15)/t7-/m1/s1. The molecule has 8 heteroatoms. The molecule has 1 saturated heterocycles. The second-order valence-electron chi connectivity index (χ2n) is 3.98. The lowest BCUT2D eigenvalue weighted by atomic mass is 10.3.